The van der Waals surface area contributed by atoms with Crippen LogP contribution in [-0.2, 0) is 4.74 Å². The topological polar surface area (TPSA) is 64.4 Å². The molecule has 0 radical (unpaired) electrons. The molecule has 1 N–H and O–H groups in total. The minimum atomic E-state index is -0.135. The molecule has 2 rings (SSSR count). The van der Waals surface area contributed by atoms with E-state index in [9.17, 15) is 4.79 Å². The molecular formula is C12H18N2O3. The first-order chi connectivity index (χ1) is 8.09. The Balaban J connectivity index is 2.01. The lowest BCUT2D eigenvalue weighted by atomic mass is 10.1. The highest BCUT2D eigenvalue weighted by Crippen LogP contribution is 2.17. The summed E-state index contributed by atoms with van der Waals surface area (Å²) >= 11 is 0. The zero-order chi connectivity index (χ0) is 12.4. The molecule has 1 saturated heterocycles. The average molecular weight is 238 g/mol. The largest absolute Gasteiger partial charge is 0.376 e. The molecule has 1 aliphatic heterocycles. The first kappa shape index (κ1) is 12.1. The second kappa shape index (κ2) is 4.87. The van der Waals surface area contributed by atoms with Gasteiger partial charge in [0.1, 0.15) is 11.3 Å². The third-order valence-corrected chi connectivity index (χ3v) is 3.14. The van der Waals surface area contributed by atoms with Crippen LogP contribution in [0.15, 0.2) is 4.52 Å². The Morgan fingerprint density at radius 3 is 2.82 bits per heavy atom. The molecule has 1 aromatic rings. The van der Waals surface area contributed by atoms with Crippen molar-refractivity contribution in [3.8, 4) is 0 Å². The SMILES string of the molecule is Cc1noc(C)c1C(=O)N[C@@H](C)[C@H]1CCCO1. The summed E-state index contributed by atoms with van der Waals surface area (Å²) in [6, 6.07) is 0.0127. The Kier molecular flexibility index (Phi) is 3.47. The average Bonchev–Trinajstić information content (AvgIpc) is 2.88. The molecule has 5 nitrogen and oxygen atoms in total. The molecule has 1 aromatic heterocycles. The molecule has 0 spiro atoms. The van der Waals surface area contributed by atoms with Crippen molar-refractivity contribution in [1.29, 1.82) is 0 Å². The molecule has 94 valence electrons. The van der Waals surface area contributed by atoms with Gasteiger partial charge in [-0.1, -0.05) is 5.16 Å². The number of aryl methyl sites for hydroxylation is 2. The quantitative estimate of drug-likeness (QED) is 0.868. The Morgan fingerprint density at radius 1 is 1.53 bits per heavy atom. The van der Waals surface area contributed by atoms with Crippen molar-refractivity contribution >= 4 is 5.91 Å². The van der Waals surface area contributed by atoms with Gasteiger partial charge in [-0.2, -0.15) is 0 Å². The molecule has 0 saturated carbocycles. The van der Waals surface area contributed by atoms with Gasteiger partial charge in [0, 0.05) is 6.61 Å². The summed E-state index contributed by atoms with van der Waals surface area (Å²) in [5.74, 6) is 0.420. The van der Waals surface area contributed by atoms with E-state index < -0.39 is 0 Å². The van der Waals surface area contributed by atoms with Gasteiger partial charge in [-0.25, -0.2) is 0 Å². The predicted octanol–water partition coefficient (Wildman–Crippen LogP) is 1.59. The van der Waals surface area contributed by atoms with Gasteiger partial charge >= 0.3 is 0 Å². The minimum Gasteiger partial charge on any atom is -0.376 e. The Morgan fingerprint density at radius 2 is 2.29 bits per heavy atom. The number of hydrogen-bond acceptors (Lipinski definition) is 4. The molecule has 1 amide bonds. The smallest absolute Gasteiger partial charge is 0.257 e. The zero-order valence-corrected chi connectivity index (χ0v) is 10.4. The molecule has 5 heteroatoms. The number of carbonyl (C=O) groups excluding carboxylic acids is 1. The van der Waals surface area contributed by atoms with Crippen LogP contribution in [0.4, 0.5) is 0 Å². The van der Waals surface area contributed by atoms with E-state index in [2.05, 4.69) is 10.5 Å². The van der Waals surface area contributed by atoms with Crippen LogP contribution in [-0.4, -0.2) is 29.8 Å². The van der Waals surface area contributed by atoms with E-state index in [0.29, 0.717) is 17.0 Å². The Hall–Kier alpha value is -1.36. The Bertz CT molecular complexity index is 388. The number of hydrogen-bond donors (Lipinski definition) is 1. The molecule has 17 heavy (non-hydrogen) atoms. The van der Waals surface area contributed by atoms with Gasteiger partial charge in [0.2, 0.25) is 0 Å². The molecule has 1 fully saturated rings. The highest BCUT2D eigenvalue weighted by molar-refractivity contribution is 5.96. The summed E-state index contributed by atoms with van der Waals surface area (Å²) in [7, 11) is 0. The van der Waals surface area contributed by atoms with Gasteiger partial charge in [-0.3, -0.25) is 4.79 Å². The maximum Gasteiger partial charge on any atom is 0.257 e. The van der Waals surface area contributed by atoms with E-state index in [1.54, 1.807) is 13.8 Å². The number of nitrogens with one attached hydrogen (secondary N) is 1. The van der Waals surface area contributed by atoms with Gasteiger partial charge in [-0.05, 0) is 33.6 Å². The van der Waals surface area contributed by atoms with Gasteiger partial charge < -0.3 is 14.6 Å². The second-order valence-electron chi connectivity index (χ2n) is 4.51. The van der Waals surface area contributed by atoms with Crippen molar-refractivity contribution < 1.29 is 14.1 Å². The third kappa shape index (κ3) is 2.49. The second-order valence-corrected chi connectivity index (χ2v) is 4.51. The fourth-order valence-electron chi connectivity index (χ4n) is 2.18. The summed E-state index contributed by atoms with van der Waals surface area (Å²) in [5, 5.41) is 6.72. The fourth-order valence-corrected chi connectivity index (χ4v) is 2.18. The predicted molar refractivity (Wildman–Crippen MR) is 61.9 cm³/mol. The molecular weight excluding hydrogens is 220 g/mol. The zero-order valence-electron chi connectivity index (χ0n) is 10.4. The summed E-state index contributed by atoms with van der Waals surface area (Å²) in [6.07, 6.45) is 2.19. The third-order valence-electron chi connectivity index (χ3n) is 3.14. The first-order valence-electron chi connectivity index (χ1n) is 5.95. The van der Waals surface area contributed by atoms with Gasteiger partial charge in [0.05, 0.1) is 17.8 Å². The molecule has 0 aromatic carbocycles. The van der Waals surface area contributed by atoms with E-state index in [0.717, 1.165) is 19.4 Å². The summed E-state index contributed by atoms with van der Waals surface area (Å²) < 4.78 is 10.5. The maximum absolute atomic E-state index is 12.0. The summed E-state index contributed by atoms with van der Waals surface area (Å²) in [4.78, 5) is 12.0. The van der Waals surface area contributed by atoms with Crippen LogP contribution in [0, 0.1) is 13.8 Å². The molecule has 0 bridgehead atoms. The van der Waals surface area contributed by atoms with E-state index in [-0.39, 0.29) is 18.1 Å². The lowest BCUT2D eigenvalue weighted by molar-refractivity contribution is 0.0711. The summed E-state index contributed by atoms with van der Waals surface area (Å²) in [6.45, 7) is 6.26. The van der Waals surface area contributed by atoms with Crippen molar-refractivity contribution in [2.75, 3.05) is 6.61 Å². The Labute approximate surface area is 101 Å². The standard InChI is InChI=1S/C12H18N2O3/c1-7(10-5-4-6-16-10)13-12(15)11-8(2)14-17-9(11)3/h7,10H,4-6H2,1-3H3,(H,13,15)/t7-,10+/m0/s1. The van der Waals surface area contributed by atoms with Crippen molar-refractivity contribution in [3.63, 3.8) is 0 Å². The van der Waals surface area contributed by atoms with Crippen LogP contribution in [0.3, 0.4) is 0 Å². The fraction of sp³-hybridized carbons (Fsp3) is 0.667. The minimum absolute atomic E-state index is 0.0127. The summed E-state index contributed by atoms with van der Waals surface area (Å²) in [5.41, 5.74) is 1.16. The molecule has 0 aliphatic carbocycles. The monoisotopic (exact) mass is 238 g/mol. The molecule has 0 unspecified atom stereocenters. The van der Waals surface area contributed by atoms with Crippen LogP contribution >= 0.6 is 0 Å². The van der Waals surface area contributed by atoms with Crippen molar-refractivity contribution in [2.24, 2.45) is 0 Å². The van der Waals surface area contributed by atoms with E-state index >= 15 is 0 Å². The van der Waals surface area contributed by atoms with Crippen molar-refractivity contribution in [3.05, 3.63) is 17.0 Å². The van der Waals surface area contributed by atoms with Gasteiger partial charge in [-0.15, -0.1) is 0 Å². The maximum atomic E-state index is 12.0. The lowest BCUT2D eigenvalue weighted by Crippen LogP contribution is -2.41. The van der Waals surface area contributed by atoms with Crippen molar-refractivity contribution in [2.45, 2.75) is 45.8 Å². The van der Waals surface area contributed by atoms with Crippen LogP contribution in [0.2, 0.25) is 0 Å². The van der Waals surface area contributed by atoms with Crippen LogP contribution in [0.25, 0.3) is 0 Å². The number of rotatable bonds is 3. The van der Waals surface area contributed by atoms with E-state index in [1.807, 2.05) is 6.92 Å². The van der Waals surface area contributed by atoms with E-state index in [1.165, 1.54) is 0 Å². The lowest BCUT2D eigenvalue weighted by Gasteiger charge is -2.19. The van der Waals surface area contributed by atoms with Crippen LogP contribution in [0.5, 0.6) is 0 Å². The number of aromatic nitrogens is 1. The number of amides is 1. The molecule has 2 atom stereocenters. The highest BCUT2D eigenvalue weighted by Gasteiger charge is 2.26. The normalized spacial score (nSPS) is 21.5. The van der Waals surface area contributed by atoms with E-state index in [4.69, 9.17) is 9.26 Å². The van der Waals surface area contributed by atoms with Crippen molar-refractivity contribution in [1.82, 2.24) is 10.5 Å². The first-order valence-corrected chi connectivity index (χ1v) is 5.95. The molecule has 1 aliphatic rings. The highest BCUT2D eigenvalue weighted by atomic mass is 16.5. The van der Waals surface area contributed by atoms with Gasteiger partial charge in [0.25, 0.3) is 5.91 Å². The number of nitrogens with zero attached hydrogens (tertiary/aromatic N) is 1. The van der Waals surface area contributed by atoms with Crippen LogP contribution < -0.4 is 5.32 Å². The number of ether oxygens (including phenoxy) is 1. The van der Waals surface area contributed by atoms with Gasteiger partial charge in [0.15, 0.2) is 0 Å². The number of carbonyl (C=O) groups is 1. The van der Waals surface area contributed by atoms with Crippen LogP contribution in [0.1, 0.15) is 41.6 Å². The molecule has 2 heterocycles.